The van der Waals surface area contributed by atoms with Crippen LogP contribution < -0.4 is 25.2 Å². The van der Waals surface area contributed by atoms with E-state index in [1.165, 1.54) is 0 Å². The Hall–Kier alpha value is -3.06. The first-order valence-electron chi connectivity index (χ1n) is 10.3. The molecule has 0 amide bonds. The molecule has 1 N–H and O–H groups in total. The van der Waals surface area contributed by atoms with E-state index < -0.39 is 0 Å². The van der Waals surface area contributed by atoms with Crippen LogP contribution in [0.1, 0.15) is 19.4 Å². The fourth-order valence-electron chi connectivity index (χ4n) is 4.00. The molecule has 0 saturated carbocycles. The number of anilines is 1. The fraction of sp³-hybridized carbons (Fsp3) is 0.391. The average molecular weight is 409 g/mol. The Morgan fingerprint density at radius 1 is 1.17 bits per heavy atom. The van der Waals surface area contributed by atoms with Crippen LogP contribution in [0.15, 0.2) is 41.3 Å². The number of hydrogen-bond donors (Lipinski definition) is 1. The molecule has 30 heavy (non-hydrogen) atoms. The van der Waals surface area contributed by atoms with Crippen molar-refractivity contribution in [3.8, 4) is 22.8 Å². The van der Waals surface area contributed by atoms with Gasteiger partial charge in [-0.2, -0.15) is 0 Å². The van der Waals surface area contributed by atoms with Crippen molar-refractivity contribution in [2.45, 2.75) is 26.3 Å². The molecule has 1 saturated heterocycles. The van der Waals surface area contributed by atoms with Gasteiger partial charge in [-0.3, -0.25) is 9.20 Å². The Kier molecular flexibility index (Phi) is 5.63. The smallest absolute Gasteiger partial charge is 0.258 e. The lowest BCUT2D eigenvalue weighted by molar-refractivity contribution is 0.355. The summed E-state index contributed by atoms with van der Waals surface area (Å²) in [7, 11) is 3.19. The van der Waals surface area contributed by atoms with E-state index in [1.807, 2.05) is 24.4 Å². The van der Waals surface area contributed by atoms with E-state index in [-0.39, 0.29) is 5.56 Å². The minimum Gasteiger partial charge on any atom is -0.493 e. The summed E-state index contributed by atoms with van der Waals surface area (Å²) < 4.78 is 12.4. The van der Waals surface area contributed by atoms with Gasteiger partial charge in [0.2, 0.25) is 0 Å². The second-order valence-corrected chi connectivity index (χ2v) is 7.62. The van der Waals surface area contributed by atoms with E-state index in [0.29, 0.717) is 28.9 Å². The molecule has 0 spiro atoms. The van der Waals surface area contributed by atoms with Crippen LogP contribution in [0.3, 0.4) is 0 Å². The van der Waals surface area contributed by atoms with Crippen molar-refractivity contribution in [3.63, 3.8) is 0 Å². The van der Waals surface area contributed by atoms with Gasteiger partial charge in [-0.25, -0.2) is 4.98 Å². The molecule has 0 unspecified atom stereocenters. The van der Waals surface area contributed by atoms with Crippen LogP contribution >= 0.6 is 0 Å². The summed E-state index contributed by atoms with van der Waals surface area (Å²) in [5, 5.41) is 3.46. The number of aryl methyl sites for hydroxylation is 1. The molecular weight excluding hydrogens is 380 g/mol. The van der Waals surface area contributed by atoms with Gasteiger partial charge in [0.25, 0.3) is 5.56 Å². The van der Waals surface area contributed by atoms with Gasteiger partial charge in [-0.15, -0.1) is 0 Å². The summed E-state index contributed by atoms with van der Waals surface area (Å²) in [6.07, 6.45) is 2.71. The Morgan fingerprint density at radius 3 is 2.67 bits per heavy atom. The third kappa shape index (κ3) is 3.73. The quantitative estimate of drug-likeness (QED) is 0.700. The van der Waals surface area contributed by atoms with Crippen LogP contribution in [0, 0.1) is 0 Å². The number of aromatic nitrogens is 2. The molecule has 0 aliphatic carbocycles. The molecular formula is C23H28N4O3. The number of benzene rings is 1. The maximum atomic E-state index is 13.1. The number of pyridine rings is 1. The lowest BCUT2D eigenvalue weighted by Crippen LogP contribution is -2.49. The van der Waals surface area contributed by atoms with Gasteiger partial charge < -0.3 is 19.7 Å². The first kappa shape index (κ1) is 20.2. The molecule has 0 radical (unpaired) electrons. The van der Waals surface area contributed by atoms with Crippen molar-refractivity contribution in [3.05, 3.63) is 52.4 Å². The van der Waals surface area contributed by atoms with Gasteiger partial charge in [-0.05, 0) is 43.2 Å². The van der Waals surface area contributed by atoms with Crippen molar-refractivity contribution in [2.24, 2.45) is 0 Å². The maximum Gasteiger partial charge on any atom is 0.258 e. The lowest BCUT2D eigenvalue weighted by atomic mass is 10.1. The summed E-state index contributed by atoms with van der Waals surface area (Å²) in [6, 6.07) is 9.73. The summed E-state index contributed by atoms with van der Waals surface area (Å²) in [5.41, 5.74) is 4.16. The second kappa shape index (κ2) is 8.36. The first-order chi connectivity index (χ1) is 14.5. The Balaban J connectivity index is 1.82. The lowest BCUT2D eigenvalue weighted by Gasteiger charge is -2.34. The first-order valence-corrected chi connectivity index (χ1v) is 10.3. The predicted octanol–water partition coefficient (Wildman–Crippen LogP) is 2.74. The van der Waals surface area contributed by atoms with Crippen molar-refractivity contribution in [1.82, 2.24) is 14.7 Å². The van der Waals surface area contributed by atoms with Gasteiger partial charge in [0.05, 0.1) is 25.6 Å². The number of hydrogen-bond acceptors (Lipinski definition) is 6. The Labute approximate surface area is 176 Å². The van der Waals surface area contributed by atoms with E-state index in [0.717, 1.165) is 42.9 Å². The van der Waals surface area contributed by atoms with Crippen LogP contribution in [0.2, 0.25) is 0 Å². The molecule has 3 aromatic rings. The highest BCUT2D eigenvalue weighted by atomic mass is 16.5. The zero-order valence-corrected chi connectivity index (χ0v) is 17.9. The van der Waals surface area contributed by atoms with Crippen LogP contribution in [-0.2, 0) is 6.42 Å². The Morgan fingerprint density at radius 2 is 1.97 bits per heavy atom. The maximum absolute atomic E-state index is 13.1. The second-order valence-electron chi connectivity index (χ2n) is 7.62. The van der Waals surface area contributed by atoms with E-state index in [2.05, 4.69) is 30.1 Å². The molecule has 1 atom stereocenters. The van der Waals surface area contributed by atoms with Crippen molar-refractivity contribution in [1.29, 1.82) is 0 Å². The van der Waals surface area contributed by atoms with Crippen molar-refractivity contribution < 1.29 is 9.47 Å². The summed E-state index contributed by atoms with van der Waals surface area (Å²) >= 11 is 0. The van der Waals surface area contributed by atoms with Crippen LogP contribution in [0.5, 0.6) is 11.5 Å². The third-order valence-corrected chi connectivity index (χ3v) is 5.62. The predicted molar refractivity (Wildman–Crippen MR) is 119 cm³/mol. The fourth-order valence-corrected chi connectivity index (χ4v) is 4.00. The Bertz CT molecular complexity index is 1130. The molecule has 3 heterocycles. The molecule has 158 valence electrons. The molecule has 7 heteroatoms. The third-order valence-electron chi connectivity index (χ3n) is 5.62. The van der Waals surface area contributed by atoms with Gasteiger partial charge in [0, 0.05) is 43.5 Å². The molecule has 7 nitrogen and oxygen atoms in total. The standard InChI is InChI=1S/C23H28N4O3/c1-5-16-10-18(26-9-8-24-15(2)13-26)14-27-22(28)12-19(25-23(16)27)17-6-7-20(29-3)21(11-17)30-4/h6-7,10-12,14-15,24H,5,8-9,13H2,1-4H3/t15-/m1/s1. The van der Waals surface area contributed by atoms with Crippen molar-refractivity contribution in [2.75, 3.05) is 38.8 Å². The van der Waals surface area contributed by atoms with Crippen LogP contribution in [0.4, 0.5) is 5.69 Å². The number of piperazine rings is 1. The molecule has 1 aliphatic rings. The highest BCUT2D eigenvalue weighted by Gasteiger charge is 2.18. The zero-order chi connectivity index (χ0) is 21.3. The van der Waals surface area contributed by atoms with Crippen LogP contribution in [0.25, 0.3) is 16.9 Å². The minimum atomic E-state index is -0.0930. The van der Waals surface area contributed by atoms with Gasteiger partial charge in [0.1, 0.15) is 5.65 Å². The van der Waals surface area contributed by atoms with Crippen LogP contribution in [-0.4, -0.2) is 49.3 Å². The summed E-state index contributed by atoms with van der Waals surface area (Å²) in [5.74, 6) is 1.25. The van der Waals surface area contributed by atoms with Gasteiger partial charge in [-0.1, -0.05) is 6.92 Å². The number of rotatable bonds is 5. The van der Waals surface area contributed by atoms with Crippen molar-refractivity contribution >= 4 is 11.3 Å². The average Bonchev–Trinajstić information content (AvgIpc) is 2.77. The monoisotopic (exact) mass is 408 g/mol. The highest BCUT2D eigenvalue weighted by molar-refractivity contribution is 5.67. The number of methoxy groups -OCH3 is 2. The molecule has 2 aromatic heterocycles. The number of nitrogens with one attached hydrogen (secondary N) is 1. The van der Waals surface area contributed by atoms with E-state index >= 15 is 0 Å². The van der Waals surface area contributed by atoms with E-state index in [9.17, 15) is 4.79 Å². The summed E-state index contributed by atoms with van der Waals surface area (Å²) in [4.78, 5) is 20.2. The summed E-state index contributed by atoms with van der Waals surface area (Å²) in [6.45, 7) is 7.04. The zero-order valence-electron chi connectivity index (χ0n) is 17.9. The topological polar surface area (TPSA) is 68.1 Å². The number of nitrogens with zero attached hydrogens (tertiary/aromatic N) is 3. The molecule has 4 rings (SSSR count). The van der Waals surface area contributed by atoms with Gasteiger partial charge >= 0.3 is 0 Å². The number of ether oxygens (including phenoxy) is 2. The molecule has 1 fully saturated rings. The van der Waals surface area contributed by atoms with E-state index in [1.54, 1.807) is 24.7 Å². The van der Waals surface area contributed by atoms with Gasteiger partial charge in [0.15, 0.2) is 11.5 Å². The normalized spacial score (nSPS) is 16.7. The molecule has 0 bridgehead atoms. The molecule has 1 aliphatic heterocycles. The molecule has 1 aromatic carbocycles. The highest BCUT2D eigenvalue weighted by Crippen LogP contribution is 2.31. The largest absolute Gasteiger partial charge is 0.493 e. The SMILES string of the molecule is CCc1cc(N2CCN[C@H](C)C2)cn2c(=O)cc(-c3ccc(OC)c(OC)c3)nc12. The van der Waals surface area contributed by atoms with E-state index in [4.69, 9.17) is 14.5 Å². The number of fused-ring (bicyclic) bond motifs is 1. The minimum absolute atomic E-state index is 0.0930.